The number of rotatable bonds is 6. The number of esters is 2. The van der Waals surface area contributed by atoms with Crippen molar-refractivity contribution in [1.29, 1.82) is 0 Å². The third-order valence-electron chi connectivity index (χ3n) is 3.31. The van der Waals surface area contributed by atoms with Crippen molar-refractivity contribution in [1.82, 2.24) is 4.98 Å². The van der Waals surface area contributed by atoms with Gasteiger partial charge in [-0.15, -0.1) is 0 Å². The SMILES string of the molecule is O=C(O)CC(O)(CC(=O)OC(=O)c1cnc2ccccc2c1)C(=O)O. The summed E-state index contributed by atoms with van der Waals surface area (Å²) in [5, 5.41) is 27.9. The van der Waals surface area contributed by atoms with E-state index in [1.165, 1.54) is 12.3 Å². The van der Waals surface area contributed by atoms with E-state index in [-0.39, 0.29) is 5.56 Å². The minimum absolute atomic E-state index is 0.0517. The van der Waals surface area contributed by atoms with Crippen molar-refractivity contribution in [2.24, 2.45) is 0 Å². The van der Waals surface area contributed by atoms with E-state index in [2.05, 4.69) is 9.72 Å². The topological polar surface area (TPSA) is 151 Å². The molecule has 1 heterocycles. The van der Waals surface area contributed by atoms with Crippen molar-refractivity contribution < 1.29 is 39.2 Å². The van der Waals surface area contributed by atoms with Gasteiger partial charge in [-0.1, -0.05) is 18.2 Å². The number of carboxylic acids is 2. The van der Waals surface area contributed by atoms with E-state index in [4.69, 9.17) is 10.2 Å². The Morgan fingerprint density at radius 2 is 1.76 bits per heavy atom. The molecule has 2 aromatic rings. The van der Waals surface area contributed by atoms with Gasteiger partial charge in [0.2, 0.25) is 0 Å². The highest BCUT2D eigenvalue weighted by molar-refractivity contribution is 6.00. The van der Waals surface area contributed by atoms with Crippen molar-refractivity contribution in [2.45, 2.75) is 18.4 Å². The van der Waals surface area contributed by atoms with Gasteiger partial charge in [-0.05, 0) is 12.1 Å². The number of hydrogen-bond donors (Lipinski definition) is 3. The summed E-state index contributed by atoms with van der Waals surface area (Å²) in [5.41, 5.74) is -2.30. The molecule has 0 aliphatic heterocycles. The summed E-state index contributed by atoms with van der Waals surface area (Å²) in [6, 6.07) is 8.32. The number of aliphatic carboxylic acids is 2. The smallest absolute Gasteiger partial charge is 0.347 e. The maximum atomic E-state index is 11.9. The maximum Gasteiger partial charge on any atom is 0.347 e. The van der Waals surface area contributed by atoms with Gasteiger partial charge in [0.25, 0.3) is 0 Å². The van der Waals surface area contributed by atoms with Crippen LogP contribution in [0.5, 0.6) is 0 Å². The Morgan fingerprint density at radius 1 is 1.08 bits per heavy atom. The van der Waals surface area contributed by atoms with Gasteiger partial charge in [-0.25, -0.2) is 9.59 Å². The van der Waals surface area contributed by atoms with Crippen molar-refractivity contribution in [2.75, 3.05) is 0 Å². The molecule has 0 radical (unpaired) electrons. The first-order chi connectivity index (χ1) is 11.7. The number of aromatic nitrogens is 1. The van der Waals surface area contributed by atoms with Crippen LogP contribution in [-0.4, -0.2) is 49.8 Å². The zero-order valence-corrected chi connectivity index (χ0v) is 12.7. The second-order valence-corrected chi connectivity index (χ2v) is 5.26. The van der Waals surface area contributed by atoms with E-state index in [0.717, 1.165) is 0 Å². The second-order valence-electron chi connectivity index (χ2n) is 5.26. The fraction of sp³-hybridized carbons (Fsp3) is 0.188. The number of fused-ring (bicyclic) bond motifs is 1. The molecule has 1 atom stereocenters. The Hall–Kier alpha value is -3.33. The molecular formula is C16H13NO8. The number of carbonyl (C=O) groups is 4. The van der Waals surface area contributed by atoms with Gasteiger partial charge < -0.3 is 20.1 Å². The predicted octanol–water partition coefficient (Wildman–Crippen LogP) is 0.599. The Bertz CT molecular complexity index is 862. The number of pyridine rings is 1. The maximum absolute atomic E-state index is 11.9. The van der Waals surface area contributed by atoms with Gasteiger partial charge in [-0.3, -0.25) is 14.6 Å². The molecule has 1 aromatic heterocycles. The zero-order chi connectivity index (χ0) is 18.6. The number of ether oxygens (including phenoxy) is 1. The number of para-hydroxylation sites is 1. The van der Waals surface area contributed by atoms with E-state index in [1.54, 1.807) is 24.3 Å². The van der Waals surface area contributed by atoms with Gasteiger partial charge in [0.05, 0.1) is 23.9 Å². The van der Waals surface area contributed by atoms with Crippen LogP contribution in [0.4, 0.5) is 0 Å². The first-order valence-electron chi connectivity index (χ1n) is 6.98. The van der Waals surface area contributed by atoms with E-state index >= 15 is 0 Å². The second kappa shape index (κ2) is 7.05. The summed E-state index contributed by atoms with van der Waals surface area (Å²) in [5.74, 6) is -6.00. The average Bonchev–Trinajstić information content (AvgIpc) is 2.53. The highest BCUT2D eigenvalue weighted by Gasteiger charge is 2.42. The molecule has 130 valence electrons. The van der Waals surface area contributed by atoms with E-state index in [1.807, 2.05) is 0 Å². The van der Waals surface area contributed by atoms with Crippen LogP contribution in [0.1, 0.15) is 23.2 Å². The van der Waals surface area contributed by atoms with Crippen molar-refractivity contribution in [3.8, 4) is 0 Å². The Kier molecular flexibility index (Phi) is 5.08. The molecule has 0 amide bonds. The lowest BCUT2D eigenvalue weighted by Crippen LogP contribution is -2.43. The van der Waals surface area contributed by atoms with E-state index in [9.17, 15) is 24.3 Å². The largest absolute Gasteiger partial charge is 0.481 e. The summed E-state index contributed by atoms with van der Waals surface area (Å²) in [6.07, 6.45) is -1.23. The molecule has 0 aliphatic rings. The Labute approximate surface area is 140 Å². The van der Waals surface area contributed by atoms with Crippen LogP contribution in [0, 0.1) is 0 Å². The minimum atomic E-state index is -2.87. The van der Waals surface area contributed by atoms with Gasteiger partial charge in [0, 0.05) is 11.6 Å². The summed E-state index contributed by atoms with van der Waals surface area (Å²) < 4.78 is 4.48. The lowest BCUT2D eigenvalue weighted by atomic mass is 9.96. The number of carbonyl (C=O) groups excluding carboxylic acids is 2. The third kappa shape index (κ3) is 4.36. The summed E-state index contributed by atoms with van der Waals surface area (Å²) in [4.78, 5) is 49.3. The molecule has 25 heavy (non-hydrogen) atoms. The molecule has 9 heteroatoms. The normalized spacial score (nSPS) is 13.0. The van der Waals surface area contributed by atoms with Crippen LogP contribution < -0.4 is 0 Å². The molecule has 0 aliphatic carbocycles. The molecule has 0 bridgehead atoms. The molecule has 0 saturated carbocycles. The summed E-state index contributed by atoms with van der Waals surface area (Å²) >= 11 is 0. The molecule has 1 unspecified atom stereocenters. The van der Waals surface area contributed by atoms with Crippen LogP contribution in [0.3, 0.4) is 0 Å². The molecule has 3 N–H and O–H groups in total. The highest BCUT2D eigenvalue weighted by Crippen LogP contribution is 2.18. The lowest BCUT2D eigenvalue weighted by molar-refractivity contribution is -0.170. The van der Waals surface area contributed by atoms with Gasteiger partial charge in [0.1, 0.15) is 0 Å². The number of carboxylic acid groups (broad SMARTS) is 2. The average molecular weight is 347 g/mol. The fourth-order valence-corrected chi connectivity index (χ4v) is 2.08. The molecule has 2 rings (SSSR count). The number of benzene rings is 1. The van der Waals surface area contributed by atoms with Crippen molar-refractivity contribution in [3.05, 3.63) is 42.1 Å². The molecule has 0 saturated heterocycles. The molecule has 0 spiro atoms. The first-order valence-corrected chi connectivity index (χ1v) is 6.98. The Morgan fingerprint density at radius 3 is 2.40 bits per heavy atom. The summed E-state index contributed by atoms with van der Waals surface area (Å²) in [6.45, 7) is 0. The summed E-state index contributed by atoms with van der Waals surface area (Å²) in [7, 11) is 0. The standard InChI is InChI=1S/C16H13NO8/c18-12(19)6-16(24,15(22)23)7-13(20)25-14(21)10-5-9-3-1-2-4-11(9)17-8-10/h1-5,8,24H,6-7H2,(H,18,19)(H,22,23). The van der Waals surface area contributed by atoms with Crippen molar-refractivity contribution in [3.63, 3.8) is 0 Å². The van der Waals surface area contributed by atoms with Gasteiger partial charge in [-0.2, -0.15) is 0 Å². The minimum Gasteiger partial charge on any atom is -0.481 e. The molecule has 1 aromatic carbocycles. The van der Waals surface area contributed by atoms with Crippen molar-refractivity contribution >= 4 is 34.8 Å². The molecule has 9 nitrogen and oxygen atoms in total. The third-order valence-corrected chi connectivity index (χ3v) is 3.31. The molecular weight excluding hydrogens is 334 g/mol. The lowest BCUT2D eigenvalue weighted by Gasteiger charge is -2.19. The Balaban J connectivity index is 2.11. The van der Waals surface area contributed by atoms with E-state index in [0.29, 0.717) is 10.9 Å². The number of aliphatic hydroxyl groups is 1. The highest BCUT2D eigenvalue weighted by atomic mass is 16.6. The van der Waals surface area contributed by atoms with Crippen LogP contribution in [-0.2, 0) is 19.1 Å². The quantitative estimate of drug-likeness (QED) is 0.504. The number of nitrogens with zero attached hydrogens (tertiary/aromatic N) is 1. The van der Waals surface area contributed by atoms with Gasteiger partial charge >= 0.3 is 23.9 Å². The predicted molar refractivity (Wildman–Crippen MR) is 81.6 cm³/mol. The monoisotopic (exact) mass is 347 g/mol. The van der Waals surface area contributed by atoms with Crippen LogP contribution in [0.2, 0.25) is 0 Å². The van der Waals surface area contributed by atoms with Crippen LogP contribution in [0.15, 0.2) is 36.5 Å². The van der Waals surface area contributed by atoms with Gasteiger partial charge in [0.15, 0.2) is 5.60 Å². The fourth-order valence-electron chi connectivity index (χ4n) is 2.08. The van der Waals surface area contributed by atoms with Crippen LogP contribution >= 0.6 is 0 Å². The van der Waals surface area contributed by atoms with E-state index < -0.39 is 42.3 Å². The van der Waals surface area contributed by atoms with Crippen LogP contribution in [0.25, 0.3) is 10.9 Å². The number of hydrogen-bond acceptors (Lipinski definition) is 7. The molecule has 0 fully saturated rings. The zero-order valence-electron chi connectivity index (χ0n) is 12.7. The first kappa shape index (κ1) is 18.0.